The van der Waals surface area contributed by atoms with Gasteiger partial charge in [0, 0.05) is 30.9 Å². The first kappa shape index (κ1) is 10.1. The standard InChI is InChI=1S/C10H15FN2/c1-9(12-7-5-11)8-10-4-2-3-6-13-10/h2-4,6,9,12H,5,7-8H2,1H3. The Kier molecular flexibility index (Phi) is 4.40. The molecule has 1 aromatic rings. The number of nitrogens with one attached hydrogen (secondary N) is 1. The van der Waals surface area contributed by atoms with Crippen LogP contribution in [0.3, 0.4) is 0 Å². The summed E-state index contributed by atoms with van der Waals surface area (Å²) >= 11 is 0. The highest BCUT2D eigenvalue weighted by Crippen LogP contribution is 1.98. The van der Waals surface area contributed by atoms with Crippen LogP contribution in [0.4, 0.5) is 4.39 Å². The van der Waals surface area contributed by atoms with Crippen molar-refractivity contribution in [2.75, 3.05) is 13.2 Å². The summed E-state index contributed by atoms with van der Waals surface area (Å²) in [6, 6.07) is 6.12. The van der Waals surface area contributed by atoms with Crippen molar-refractivity contribution in [3.8, 4) is 0 Å². The molecular formula is C10H15FN2. The zero-order valence-electron chi connectivity index (χ0n) is 7.83. The van der Waals surface area contributed by atoms with E-state index in [1.165, 1.54) is 0 Å². The smallest absolute Gasteiger partial charge is 0.102 e. The van der Waals surface area contributed by atoms with Crippen LogP contribution in [0.2, 0.25) is 0 Å². The van der Waals surface area contributed by atoms with Gasteiger partial charge in [0.05, 0.1) is 0 Å². The fraction of sp³-hybridized carbons (Fsp3) is 0.500. The van der Waals surface area contributed by atoms with E-state index in [2.05, 4.69) is 10.3 Å². The van der Waals surface area contributed by atoms with Crippen LogP contribution < -0.4 is 5.32 Å². The molecule has 13 heavy (non-hydrogen) atoms. The summed E-state index contributed by atoms with van der Waals surface area (Å²) in [6.07, 6.45) is 2.62. The molecule has 0 aliphatic carbocycles. The molecule has 0 amide bonds. The third-order valence-electron chi connectivity index (χ3n) is 1.83. The lowest BCUT2D eigenvalue weighted by molar-refractivity contribution is 0.437. The Labute approximate surface area is 78.2 Å². The van der Waals surface area contributed by atoms with Gasteiger partial charge in [-0.15, -0.1) is 0 Å². The average Bonchev–Trinajstić information content (AvgIpc) is 2.16. The van der Waals surface area contributed by atoms with Crippen molar-refractivity contribution in [3.05, 3.63) is 30.1 Å². The van der Waals surface area contributed by atoms with Crippen LogP contribution in [0.1, 0.15) is 12.6 Å². The molecule has 0 saturated heterocycles. The molecule has 1 unspecified atom stereocenters. The number of aromatic nitrogens is 1. The van der Waals surface area contributed by atoms with Crippen LogP contribution in [0.5, 0.6) is 0 Å². The van der Waals surface area contributed by atoms with Crippen LogP contribution in [0, 0.1) is 0 Å². The number of hydrogen-bond acceptors (Lipinski definition) is 2. The van der Waals surface area contributed by atoms with Crippen molar-refractivity contribution >= 4 is 0 Å². The van der Waals surface area contributed by atoms with Gasteiger partial charge in [-0.3, -0.25) is 4.98 Å². The van der Waals surface area contributed by atoms with E-state index >= 15 is 0 Å². The zero-order valence-corrected chi connectivity index (χ0v) is 7.83. The summed E-state index contributed by atoms with van der Waals surface area (Å²) in [4.78, 5) is 4.19. The topological polar surface area (TPSA) is 24.9 Å². The minimum Gasteiger partial charge on any atom is -0.311 e. The van der Waals surface area contributed by atoms with E-state index in [0.29, 0.717) is 6.54 Å². The molecule has 1 heterocycles. The first-order chi connectivity index (χ1) is 6.33. The first-order valence-corrected chi connectivity index (χ1v) is 4.52. The van der Waals surface area contributed by atoms with Crippen LogP contribution in [-0.2, 0) is 6.42 Å². The molecule has 0 spiro atoms. The number of nitrogens with zero attached hydrogens (tertiary/aromatic N) is 1. The predicted octanol–water partition coefficient (Wildman–Crippen LogP) is 1.57. The molecule has 3 heteroatoms. The first-order valence-electron chi connectivity index (χ1n) is 4.52. The number of pyridine rings is 1. The summed E-state index contributed by atoms with van der Waals surface area (Å²) in [6.45, 7) is 2.14. The van der Waals surface area contributed by atoms with Crippen molar-refractivity contribution in [1.29, 1.82) is 0 Å². The van der Waals surface area contributed by atoms with Crippen molar-refractivity contribution in [2.24, 2.45) is 0 Å². The summed E-state index contributed by atoms with van der Waals surface area (Å²) in [5.41, 5.74) is 1.04. The summed E-state index contributed by atoms with van der Waals surface area (Å²) < 4.78 is 11.8. The van der Waals surface area contributed by atoms with Gasteiger partial charge in [0.15, 0.2) is 0 Å². The van der Waals surface area contributed by atoms with E-state index in [9.17, 15) is 4.39 Å². The second-order valence-corrected chi connectivity index (χ2v) is 3.07. The van der Waals surface area contributed by atoms with Crippen molar-refractivity contribution in [1.82, 2.24) is 10.3 Å². The summed E-state index contributed by atoms with van der Waals surface area (Å²) in [7, 11) is 0. The zero-order chi connectivity index (χ0) is 9.52. The molecule has 0 bridgehead atoms. The molecule has 0 aromatic carbocycles. The highest BCUT2D eigenvalue weighted by molar-refractivity contribution is 5.04. The second-order valence-electron chi connectivity index (χ2n) is 3.07. The van der Waals surface area contributed by atoms with E-state index in [-0.39, 0.29) is 12.7 Å². The van der Waals surface area contributed by atoms with E-state index in [0.717, 1.165) is 12.1 Å². The average molecular weight is 182 g/mol. The van der Waals surface area contributed by atoms with E-state index in [4.69, 9.17) is 0 Å². The van der Waals surface area contributed by atoms with E-state index in [1.54, 1.807) is 6.20 Å². The Morgan fingerprint density at radius 3 is 3.00 bits per heavy atom. The fourth-order valence-corrected chi connectivity index (χ4v) is 1.21. The highest BCUT2D eigenvalue weighted by atomic mass is 19.1. The molecule has 0 aliphatic heterocycles. The molecule has 1 aromatic heterocycles. The minimum absolute atomic E-state index is 0.283. The van der Waals surface area contributed by atoms with Gasteiger partial charge in [-0.1, -0.05) is 6.07 Å². The summed E-state index contributed by atoms with van der Waals surface area (Å²) in [5, 5.41) is 3.07. The van der Waals surface area contributed by atoms with Gasteiger partial charge in [0.25, 0.3) is 0 Å². The lowest BCUT2D eigenvalue weighted by atomic mass is 10.1. The van der Waals surface area contributed by atoms with Crippen LogP contribution in [-0.4, -0.2) is 24.2 Å². The fourth-order valence-electron chi connectivity index (χ4n) is 1.21. The Morgan fingerprint density at radius 1 is 1.54 bits per heavy atom. The van der Waals surface area contributed by atoms with Crippen molar-refractivity contribution < 1.29 is 4.39 Å². The lowest BCUT2D eigenvalue weighted by Gasteiger charge is -2.11. The maximum Gasteiger partial charge on any atom is 0.102 e. The predicted molar refractivity (Wildman–Crippen MR) is 51.4 cm³/mol. The third-order valence-corrected chi connectivity index (χ3v) is 1.83. The van der Waals surface area contributed by atoms with Crippen molar-refractivity contribution in [2.45, 2.75) is 19.4 Å². The Bertz CT molecular complexity index is 226. The molecule has 2 nitrogen and oxygen atoms in total. The second kappa shape index (κ2) is 5.65. The quantitative estimate of drug-likeness (QED) is 0.747. The molecule has 0 radical (unpaired) electrons. The largest absolute Gasteiger partial charge is 0.311 e. The van der Waals surface area contributed by atoms with Gasteiger partial charge < -0.3 is 5.32 Å². The highest BCUT2D eigenvalue weighted by Gasteiger charge is 2.02. The van der Waals surface area contributed by atoms with Crippen LogP contribution in [0.15, 0.2) is 24.4 Å². The SMILES string of the molecule is CC(Cc1ccccn1)NCCF. The molecular weight excluding hydrogens is 167 g/mol. The Balaban J connectivity index is 2.32. The summed E-state index contributed by atoms with van der Waals surface area (Å²) in [5.74, 6) is 0. The van der Waals surface area contributed by atoms with E-state index in [1.807, 2.05) is 25.1 Å². The maximum atomic E-state index is 11.8. The van der Waals surface area contributed by atoms with Gasteiger partial charge in [0.2, 0.25) is 0 Å². The Morgan fingerprint density at radius 2 is 2.38 bits per heavy atom. The normalized spacial score (nSPS) is 12.8. The third kappa shape index (κ3) is 3.99. The molecule has 1 N–H and O–H groups in total. The van der Waals surface area contributed by atoms with E-state index < -0.39 is 0 Å². The minimum atomic E-state index is -0.313. The molecule has 0 aliphatic rings. The maximum absolute atomic E-state index is 11.8. The van der Waals surface area contributed by atoms with Crippen LogP contribution >= 0.6 is 0 Å². The van der Waals surface area contributed by atoms with Gasteiger partial charge >= 0.3 is 0 Å². The number of hydrogen-bond donors (Lipinski definition) is 1. The lowest BCUT2D eigenvalue weighted by Crippen LogP contribution is -2.30. The number of alkyl halides is 1. The molecule has 1 atom stereocenters. The molecule has 0 fully saturated rings. The van der Waals surface area contributed by atoms with Crippen LogP contribution in [0.25, 0.3) is 0 Å². The Hall–Kier alpha value is -0.960. The molecule has 72 valence electrons. The number of halogens is 1. The van der Waals surface area contributed by atoms with Crippen molar-refractivity contribution in [3.63, 3.8) is 0 Å². The van der Waals surface area contributed by atoms with Gasteiger partial charge in [-0.25, -0.2) is 4.39 Å². The van der Waals surface area contributed by atoms with Gasteiger partial charge in [-0.2, -0.15) is 0 Å². The van der Waals surface area contributed by atoms with Gasteiger partial charge in [0.1, 0.15) is 6.67 Å². The monoisotopic (exact) mass is 182 g/mol. The molecule has 1 rings (SSSR count). The number of rotatable bonds is 5. The van der Waals surface area contributed by atoms with Gasteiger partial charge in [-0.05, 0) is 19.1 Å². The molecule has 0 saturated carbocycles.